The SMILES string of the molecule is Cc1cc(C(=O)Nc2ccc(-n3ccnc3)cc2)c2c(C)nn(C)c2n1. The predicted molar refractivity (Wildman–Crippen MR) is 99.5 cm³/mol. The topological polar surface area (TPSA) is 77.6 Å². The third-order valence-electron chi connectivity index (χ3n) is 4.27. The Hall–Kier alpha value is -3.48. The lowest BCUT2D eigenvalue weighted by Gasteiger charge is -2.09. The standard InChI is InChI=1S/C19H18N6O/c1-12-10-16(17-13(2)23-24(3)18(17)21-12)19(26)22-14-4-6-15(7-5-14)25-9-8-20-11-25/h4-11H,1-3H3,(H,22,26). The monoisotopic (exact) mass is 346 g/mol. The van der Waals surface area contributed by atoms with Gasteiger partial charge in [0.15, 0.2) is 5.65 Å². The van der Waals surface area contributed by atoms with E-state index in [-0.39, 0.29) is 5.91 Å². The third kappa shape index (κ3) is 2.73. The van der Waals surface area contributed by atoms with Crippen molar-refractivity contribution in [2.45, 2.75) is 13.8 Å². The molecule has 3 aromatic heterocycles. The average Bonchev–Trinajstić information content (AvgIpc) is 3.24. The number of fused-ring (bicyclic) bond motifs is 1. The molecule has 0 aliphatic rings. The summed E-state index contributed by atoms with van der Waals surface area (Å²) in [4.78, 5) is 21.4. The summed E-state index contributed by atoms with van der Waals surface area (Å²) in [7, 11) is 1.83. The van der Waals surface area contributed by atoms with Gasteiger partial charge in [0, 0.05) is 36.5 Å². The van der Waals surface area contributed by atoms with Crippen molar-refractivity contribution in [2.24, 2.45) is 7.05 Å². The number of benzene rings is 1. The highest BCUT2D eigenvalue weighted by atomic mass is 16.1. The lowest BCUT2D eigenvalue weighted by atomic mass is 10.1. The maximum atomic E-state index is 12.9. The van der Waals surface area contributed by atoms with Gasteiger partial charge in [-0.1, -0.05) is 0 Å². The smallest absolute Gasteiger partial charge is 0.256 e. The summed E-state index contributed by atoms with van der Waals surface area (Å²) >= 11 is 0. The van der Waals surface area contributed by atoms with Crippen LogP contribution in [-0.4, -0.2) is 30.2 Å². The number of aromatic nitrogens is 5. The number of carbonyl (C=O) groups is 1. The molecule has 4 rings (SSSR count). The van der Waals surface area contributed by atoms with Crippen LogP contribution in [0.15, 0.2) is 49.1 Å². The molecule has 1 N–H and O–H groups in total. The molecular formula is C19H18N6O. The predicted octanol–water partition coefficient (Wildman–Crippen LogP) is 3.02. The van der Waals surface area contributed by atoms with Crippen LogP contribution in [0.25, 0.3) is 16.7 Å². The Morgan fingerprint density at radius 2 is 1.92 bits per heavy atom. The fraction of sp³-hybridized carbons (Fsp3) is 0.158. The van der Waals surface area contributed by atoms with E-state index in [0.717, 1.165) is 28.1 Å². The van der Waals surface area contributed by atoms with E-state index in [0.29, 0.717) is 11.2 Å². The van der Waals surface area contributed by atoms with Gasteiger partial charge >= 0.3 is 0 Å². The van der Waals surface area contributed by atoms with Crippen LogP contribution in [0.3, 0.4) is 0 Å². The number of pyridine rings is 1. The molecule has 0 radical (unpaired) electrons. The molecule has 1 amide bonds. The molecular weight excluding hydrogens is 328 g/mol. The van der Waals surface area contributed by atoms with Gasteiger partial charge in [0.1, 0.15) is 0 Å². The Labute approximate surface area is 150 Å². The molecule has 7 nitrogen and oxygen atoms in total. The van der Waals surface area contributed by atoms with Crippen molar-refractivity contribution in [1.82, 2.24) is 24.3 Å². The highest BCUT2D eigenvalue weighted by molar-refractivity contribution is 6.12. The molecule has 1 aromatic carbocycles. The Kier molecular flexibility index (Phi) is 3.76. The number of aryl methyl sites for hydroxylation is 3. The first-order chi connectivity index (χ1) is 12.5. The van der Waals surface area contributed by atoms with Gasteiger partial charge in [-0.3, -0.25) is 9.48 Å². The van der Waals surface area contributed by atoms with Crippen molar-refractivity contribution in [1.29, 1.82) is 0 Å². The second-order valence-corrected chi connectivity index (χ2v) is 6.19. The van der Waals surface area contributed by atoms with Gasteiger partial charge in [-0.2, -0.15) is 5.10 Å². The van der Waals surface area contributed by atoms with Gasteiger partial charge < -0.3 is 9.88 Å². The highest BCUT2D eigenvalue weighted by Crippen LogP contribution is 2.23. The van der Waals surface area contributed by atoms with Crippen LogP contribution in [0, 0.1) is 13.8 Å². The van der Waals surface area contributed by atoms with Gasteiger partial charge in [-0.05, 0) is 44.2 Å². The Morgan fingerprint density at radius 1 is 1.15 bits per heavy atom. The summed E-state index contributed by atoms with van der Waals surface area (Å²) < 4.78 is 3.61. The third-order valence-corrected chi connectivity index (χ3v) is 4.27. The minimum absolute atomic E-state index is 0.174. The minimum atomic E-state index is -0.174. The fourth-order valence-corrected chi connectivity index (χ4v) is 3.08. The zero-order valence-corrected chi connectivity index (χ0v) is 14.8. The van der Waals surface area contributed by atoms with E-state index in [1.807, 2.05) is 55.9 Å². The highest BCUT2D eigenvalue weighted by Gasteiger charge is 2.17. The molecule has 0 bridgehead atoms. The lowest BCUT2D eigenvalue weighted by Crippen LogP contribution is -2.13. The maximum absolute atomic E-state index is 12.9. The summed E-state index contributed by atoms with van der Waals surface area (Å²) in [6.45, 7) is 3.76. The van der Waals surface area contributed by atoms with Crippen LogP contribution in [0.2, 0.25) is 0 Å². The molecule has 0 unspecified atom stereocenters. The van der Waals surface area contributed by atoms with Crippen molar-refractivity contribution in [3.63, 3.8) is 0 Å². The first kappa shape index (κ1) is 16.0. The number of rotatable bonds is 3. The zero-order chi connectivity index (χ0) is 18.3. The molecule has 7 heteroatoms. The second-order valence-electron chi connectivity index (χ2n) is 6.19. The number of hydrogen-bond acceptors (Lipinski definition) is 4. The van der Waals surface area contributed by atoms with E-state index in [2.05, 4.69) is 20.4 Å². The molecule has 0 spiro atoms. The van der Waals surface area contributed by atoms with Gasteiger partial charge in [0.05, 0.1) is 23.0 Å². The average molecular weight is 346 g/mol. The van der Waals surface area contributed by atoms with Gasteiger partial charge in [-0.15, -0.1) is 0 Å². The molecule has 0 fully saturated rings. The molecule has 3 heterocycles. The summed E-state index contributed by atoms with van der Waals surface area (Å²) in [5, 5.41) is 8.13. The van der Waals surface area contributed by atoms with Crippen LogP contribution in [0.5, 0.6) is 0 Å². The van der Waals surface area contributed by atoms with Crippen molar-refractivity contribution in [2.75, 3.05) is 5.32 Å². The zero-order valence-electron chi connectivity index (χ0n) is 14.8. The molecule has 26 heavy (non-hydrogen) atoms. The molecule has 130 valence electrons. The van der Waals surface area contributed by atoms with Crippen LogP contribution < -0.4 is 5.32 Å². The van der Waals surface area contributed by atoms with Crippen molar-refractivity contribution in [3.8, 4) is 5.69 Å². The van der Waals surface area contributed by atoms with Crippen LogP contribution >= 0.6 is 0 Å². The number of nitrogens with zero attached hydrogens (tertiary/aromatic N) is 5. The van der Waals surface area contributed by atoms with E-state index < -0.39 is 0 Å². The van der Waals surface area contributed by atoms with E-state index in [4.69, 9.17) is 0 Å². The van der Waals surface area contributed by atoms with Crippen molar-refractivity contribution in [3.05, 3.63) is 66.0 Å². The Bertz CT molecular complexity index is 1090. The minimum Gasteiger partial charge on any atom is -0.322 e. The largest absolute Gasteiger partial charge is 0.322 e. The van der Waals surface area contributed by atoms with Crippen LogP contribution in [0.1, 0.15) is 21.7 Å². The molecule has 0 saturated heterocycles. The summed E-state index contributed by atoms with van der Waals surface area (Å²) in [5.74, 6) is -0.174. The van der Waals surface area contributed by atoms with E-state index in [1.165, 1.54) is 0 Å². The summed E-state index contributed by atoms with van der Waals surface area (Å²) in [6.07, 6.45) is 5.33. The molecule has 4 aromatic rings. The van der Waals surface area contributed by atoms with E-state index in [1.54, 1.807) is 23.3 Å². The number of hydrogen-bond donors (Lipinski definition) is 1. The van der Waals surface area contributed by atoms with Crippen molar-refractivity contribution >= 4 is 22.6 Å². The quantitative estimate of drug-likeness (QED) is 0.618. The molecule has 0 atom stereocenters. The van der Waals surface area contributed by atoms with Gasteiger partial charge in [0.2, 0.25) is 0 Å². The lowest BCUT2D eigenvalue weighted by molar-refractivity contribution is 0.102. The fourth-order valence-electron chi connectivity index (χ4n) is 3.08. The van der Waals surface area contributed by atoms with Crippen molar-refractivity contribution < 1.29 is 4.79 Å². The molecule has 0 aliphatic heterocycles. The van der Waals surface area contributed by atoms with Gasteiger partial charge in [-0.25, -0.2) is 9.97 Å². The number of anilines is 1. The first-order valence-electron chi connectivity index (χ1n) is 8.23. The first-order valence-corrected chi connectivity index (χ1v) is 8.23. The number of imidazole rings is 1. The maximum Gasteiger partial charge on any atom is 0.256 e. The Balaban J connectivity index is 1.66. The van der Waals surface area contributed by atoms with Crippen LogP contribution in [0.4, 0.5) is 5.69 Å². The molecule has 0 saturated carbocycles. The number of carbonyl (C=O) groups excluding carboxylic acids is 1. The van der Waals surface area contributed by atoms with E-state index >= 15 is 0 Å². The summed E-state index contributed by atoms with van der Waals surface area (Å²) in [6, 6.07) is 9.40. The number of nitrogens with one attached hydrogen (secondary N) is 1. The van der Waals surface area contributed by atoms with Crippen LogP contribution in [-0.2, 0) is 7.05 Å². The summed E-state index contributed by atoms with van der Waals surface area (Å²) in [5.41, 5.74) is 4.56. The molecule has 0 aliphatic carbocycles. The van der Waals surface area contributed by atoms with Gasteiger partial charge in [0.25, 0.3) is 5.91 Å². The second kappa shape index (κ2) is 6.11. The normalized spacial score (nSPS) is 11.0. The number of amides is 1. The Morgan fingerprint density at radius 3 is 2.62 bits per heavy atom. The van der Waals surface area contributed by atoms with E-state index in [9.17, 15) is 4.79 Å².